The first kappa shape index (κ1) is 12.6. The third-order valence-corrected chi connectivity index (χ3v) is 4.25. The molecule has 2 nitrogen and oxygen atoms in total. The molecule has 0 saturated carbocycles. The van der Waals surface area contributed by atoms with Crippen molar-refractivity contribution in [3.8, 4) is 0 Å². The van der Waals surface area contributed by atoms with Crippen LogP contribution in [0.2, 0.25) is 0 Å². The minimum atomic E-state index is -0.415. The van der Waals surface area contributed by atoms with Crippen LogP contribution in [0.25, 0.3) is 0 Å². The Balaban J connectivity index is 2.77. The number of ether oxygens (including phenoxy) is 1. The molecule has 80 valence electrons. The van der Waals surface area contributed by atoms with Gasteiger partial charge in [0.15, 0.2) is 0 Å². The molecule has 0 aliphatic carbocycles. The van der Waals surface area contributed by atoms with Crippen molar-refractivity contribution in [2.45, 2.75) is 6.92 Å². The number of benzene rings is 1. The van der Waals surface area contributed by atoms with E-state index < -0.39 is 5.97 Å². The summed E-state index contributed by atoms with van der Waals surface area (Å²) in [4.78, 5) is 10.8. The molecular weight excluding hydrogens is 302 g/mol. The van der Waals surface area contributed by atoms with Crippen LogP contribution < -0.4 is 4.46 Å². The fourth-order valence-corrected chi connectivity index (χ4v) is 2.86. The van der Waals surface area contributed by atoms with Gasteiger partial charge in [-0.1, -0.05) is 0 Å². The van der Waals surface area contributed by atoms with E-state index in [0.717, 1.165) is 4.46 Å². The van der Waals surface area contributed by atoms with Crippen LogP contribution in [0.3, 0.4) is 0 Å². The topological polar surface area (TPSA) is 26.3 Å². The van der Waals surface area contributed by atoms with Crippen LogP contribution in [0.4, 0.5) is 0 Å². The molecule has 1 aromatic carbocycles. The Hall–Kier alpha value is -0.471. The SMILES string of the molecule is CC(=O)OC([Se]c1ccccc1)=C(Cl)Cl. The summed E-state index contributed by atoms with van der Waals surface area (Å²) in [6.07, 6.45) is 0. The average molecular weight is 310 g/mol. The molecule has 0 unspecified atom stereocenters. The summed E-state index contributed by atoms with van der Waals surface area (Å²) in [5, 5.41) is 0. The Bertz CT molecular complexity index is 372. The van der Waals surface area contributed by atoms with Crippen molar-refractivity contribution < 1.29 is 9.53 Å². The molecule has 0 bridgehead atoms. The first-order valence-corrected chi connectivity index (χ1v) is 6.53. The summed E-state index contributed by atoms with van der Waals surface area (Å²) in [5.74, 6) is -0.415. The Morgan fingerprint density at radius 3 is 2.33 bits per heavy atom. The van der Waals surface area contributed by atoms with Crippen LogP contribution in [-0.4, -0.2) is 20.9 Å². The molecule has 15 heavy (non-hydrogen) atoms. The van der Waals surface area contributed by atoms with E-state index in [-0.39, 0.29) is 19.4 Å². The predicted molar refractivity (Wildman–Crippen MR) is 62.3 cm³/mol. The van der Waals surface area contributed by atoms with E-state index in [2.05, 4.69) is 0 Å². The Labute approximate surface area is 104 Å². The summed E-state index contributed by atoms with van der Waals surface area (Å²) < 4.78 is 6.31. The number of carbonyl (C=O) groups excluding carboxylic acids is 1. The number of esters is 1. The average Bonchev–Trinajstić information content (AvgIpc) is 2.17. The standard InChI is InChI=1S/C10H8Cl2O2Se/c1-7(13)14-10(9(11)12)15-8-5-3-2-4-6-8/h2-6H,1H3. The molecule has 0 saturated heterocycles. The number of rotatable bonds is 3. The van der Waals surface area contributed by atoms with Gasteiger partial charge >= 0.3 is 105 Å². The molecule has 1 rings (SSSR count). The van der Waals surface area contributed by atoms with Crippen molar-refractivity contribution >= 4 is 48.6 Å². The monoisotopic (exact) mass is 310 g/mol. The van der Waals surface area contributed by atoms with Gasteiger partial charge in [0, 0.05) is 0 Å². The number of hydrogen-bond acceptors (Lipinski definition) is 2. The van der Waals surface area contributed by atoms with Gasteiger partial charge in [-0.3, -0.25) is 0 Å². The second kappa shape index (κ2) is 6.19. The molecule has 0 heterocycles. The Morgan fingerprint density at radius 1 is 1.27 bits per heavy atom. The van der Waals surface area contributed by atoms with Gasteiger partial charge in [0.05, 0.1) is 0 Å². The Morgan fingerprint density at radius 2 is 1.87 bits per heavy atom. The van der Waals surface area contributed by atoms with Crippen molar-refractivity contribution in [2.24, 2.45) is 0 Å². The summed E-state index contributed by atoms with van der Waals surface area (Å²) >= 11 is 11.1. The van der Waals surface area contributed by atoms with E-state index in [1.807, 2.05) is 30.3 Å². The molecule has 0 fully saturated rings. The maximum absolute atomic E-state index is 10.8. The minimum absolute atomic E-state index is 0.00838. The molecule has 0 N–H and O–H groups in total. The fourth-order valence-electron chi connectivity index (χ4n) is 0.824. The molecule has 0 amide bonds. The van der Waals surface area contributed by atoms with E-state index in [1.54, 1.807) is 0 Å². The zero-order valence-corrected chi connectivity index (χ0v) is 11.1. The zero-order valence-electron chi connectivity index (χ0n) is 7.87. The number of halogens is 2. The van der Waals surface area contributed by atoms with Crippen LogP contribution in [0, 0.1) is 0 Å². The van der Waals surface area contributed by atoms with Crippen LogP contribution in [0.15, 0.2) is 39.5 Å². The summed E-state index contributed by atoms with van der Waals surface area (Å²) in [6, 6.07) is 9.59. The maximum atomic E-state index is 10.8. The normalized spacial score (nSPS) is 9.53. The van der Waals surface area contributed by atoms with Gasteiger partial charge in [0.2, 0.25) is 0 Å². The first-order valence-electron chi connectivity index (χ1n) is 4.06. The fraction of sp³-hybridized carbons (Fsp3) is 0.100. The van der Waals surface area contributed by atoms with E-state index >= 15 is 0 Å². The van der Waals surface area contributed by atoms with Crippen molar-refractivity contribution in [3.63, 3.8) is 0 Å². The summed E-state index contributed by atoms with van der Waals surface area (Å²) in [5.41, 5.74) is 0. The van der Waals surface area contributed by atoms with Crippen molar-refractivity contribution in [1.29, 1.82) is 0 Å². The van der Waals surface area contributed by atoms with Crippen LogP contribution in [-0.2, 0) is 9.53 Å². The van der Waals surface area contributed by atoms with Gasteiger partial charge in [-0.25, -0.2) is 0 Å². The van der Waals surface area contributed by atoms with Gasteiger partial charge in [-0.05, 0) is 0 Å². The van der Waals surface area contributed by atoms with Crippen LogP contribution in [0.5, 0.6) is 0 Å². The number of hydrogen-bond donors (Lipinski definition) is 0. The van der Waals surface area contributed by atoms with Gasteiger partial charge in [0.1, 0.15) is 0 Å². The first-order chi connectivity index (χ1) is 7.09. The zero-order chi connectivity index (χ0) is 11.3. The Kier molecular flexibility index (Phi) is 5.20. The van der Waals surface area contributed by atoms with E-state index in [1.165, 1.54) is 6.92 Å². The van der Waals surface area contributed by atoms with Gasteiger partial charge in [-0.2, -0.15) is 0 Å². The van der Waals surface area contributed by atoms with E-state index in [0.29, 0.717) is 4.66 Å². The molecule has 0 radical (unpaired) electrons. The van der Waals surface area contributed by atoms with Gasteiger partial charge < -0.3 is 0 Å². The van der Waals surface area contributed by atoms with E-state index in [4.69, 9.17) is 27.9 Å². The number of carbonyl (C=O) groups is 1. The van der Waals surface area contributed by atoms with Crippen molar-refractivity contribution in [3.05, 3.63) is 39.5 Å². The van der Waals surface area contributed by atoms with Gasteiger partial charge in [0.25, 0.3) is 0 Å². The van der Waals surface area contributed by atoms with Crippen molar-refractivity contribution in [2.75, 3.05) is 0 Å². The quantitative estimate of drug-likeness (QED) is 0.486. The van der Waals surface area contributed by atoms with Gasteiger partial charge in [-0.15, -0.1) is 0 Å². The van der Waals surface area contributed by atoms with E-state index in [9.17, 15) is 4.79 Å². The molecule has 0 aliphatic rings. The molecule has 0 atom stereocenters. The molecule has 5 heteroatoms. The predicted octanol–water partition coefficient (Wildman–Crippen LogP) is 2.18. The molecule has 0 aliphatic heterocycles. The van der Waals surface area contributed by atoms with Crippen molar-refractivity contribution in [1.82, 2.24) is 0 Å². The third kappa shape index (κ3) is 4.72. The molecule has 1 aromatic rings. The van der Waals surface area contributed by atoms with Crippen LogP contribution in [0.1, 0.15) is 6.92 Å². The molecular formula is C10H8Cl2O2Se. The van der Waals surface area contributed by atoms with Crippen LogP contribution >= 0.6 is 23.2 Å². The molecule has 0 aromatic heterocycles. The summed E-state index contributed by atoms with van der Waals surface area (Å²) in [6.45, 7) is 1.32. The third-order valence-electron chi connectivity index (χ3n) is 1.34. The second-order valence-corrected chi connectivity index (χ2v) is 5.70. The summed E-state index contributed by atoms with van der Waals surface area (Å²) in [7, 11) is 0. The second-order valence-electron chi connectivity index (χ2n) is 2.56. The molecule has 0 spiro atoms.